The van der Waals surface area contributed by atoms with Gasteiger partial charge in [0.1, 0.15) is 17.9 Å². The second-order valence-corrected chi connectivity index (χ2v) is 9.34. The van der Waals surface area contributed by atoms with E-state index in [-0.39, 0.29) is 30.7 Å². The predicted octanol–water partition coefficient (Wildman–Crippen LogP) is 2.09. The van der Waals surface area contributed by atoms with E-state index in [1.54, 1.807) is 36.1 Å². The molecule has 0 radical (unpaired) electrons. The molecule has 2 fully saturated rings. The Morgan fingerprint density at radius 3 is 2.43 bits per heavy atom. The van der Waals surface area contributed by atoms with Crippen molar-refractivity contribution in [3.05, 3.63) is 65.7 Å². The van der Waals surface area contributed by atoms with E-state index in [2.05, 4.69) is 0 Å². The molecule has 2 aromatic carbocycles. The van der Waals surface area contributed by atoms with Gasteiger partial charge in [-0.1, -0.05) is 49.4 Å². The Morgan fingerprint density at radius 2 is 1.78 bits per heavy atom. The minimum absolute atomic E-state index is 0.0295. The van der Waals surface area contributed by atoms with Gasteiger partial charge in [-0.05, 0) is 43.0 Å². The summed E-state index contributed by atoms with van der Waals surface area (Å²) < 4.78 is 5.49. The highest BCUT2D eigenvalue weighted by molar-refractivity contribution is 5.92. The van der Waals surface area contributed by atoms with Crippen LogP contribution in [-0.2, 0) is 32.0 Å². The van der Waals surface area contributed by atoms with Crippen molar-refractivity contribution in [2.75, 3.05) is 19.7 Å². The molecule has 2 saturated heterocycles. The van der Waals surface area contributed by atoms with Crippen molar-refractivity contribution in [2.24, 2.45) is 0 Å². The number of aliphatic hydroxyl groups excluding tert-OH is 1. The number of ether oxygens (including phenoxy) is 1. The third-order valence-electron chi connectivity index (χ3n) is 6.78. The highest BCUT2D eigenvalue weighted by atomic mass is 16.7. The molecular formula is C27H33N3O7. The lowest BCUT2D eigenvalue weighted by Gasteiger charge is -2.52. The number of hydroxylamine groups is 2. The molecule has 10 heteroatoms. The number of phenolic OH excluding ortho intramolecular Hbond substituents is 1. The summed E-state index contributed by atoms with van der Waals surface area (Å²) in [6.45, 7) is 3.35. The first-order valence-electron chi connectivity index (χ1n) is 12.5. The minimum Gasteiger partial charge on any atom is -0.508 e. The number of hydrogen-bond donors (Lipinski definition) is 2. The van der Waals surface area contributed by atoms with Crippen LogP contribution in [-0.4, -0.2) is 87.1 Å². The molecule has 0 aromatic heterocycles. The molecule has 0 unspecified atom stereocenters. The molecule has 198 valence electrons. The Morgan fingerprint density at radius 1 is 1.08 bits per heavy atom. The van der Waals surface area contributed by atoms with Crippen molar-refractivity contribution >= 4 is 17.9 Å². The van der Waals surface area contributed by atoms with E-state index in [4.69, 9.17) is 9.57 Å². The predicted molar refractivity (Wildman–Crippen MR) is 133 cm³/mol. The van der Waals surface area contributed by atoms with Gasteiger partial charge in [0.25, 0.3) is 5.91 Å². The van der Waals surface area contributed by atoms with Gasteiger partial charge in [0.2, 0.25) is 5.91 Å². The number of carbonyl (C=O) groups excluding carboxylic acids is 3. The summed E-state index contributed by atoms with van der Waals surface area (Å²) in [6, 6.07) is 15.2. The molecule has 2 aliphatic heterocycles. The van der Waals surface area contributed by atoms with E-state index < -0.39 is 36.9 Å². The van der Waals surface area contributed by atoms with Crippen LogP contribution < -0.4 is 0 Å². The summed E-state index contributed by atoms with van der Waals surface area (Å²) in [4.78, 5) is 48.8. The number of amides is 3. The van der Waals surface area contributed by atoms with Gasteiger partial charge < -0.3 is 24.7 Å². The third kappa shape index (κ3) is 5.86. The SMILES string of the molecule is CC[C@H](C)OC(=O)N1O[C@@H](CO)C(=O)N2[C@@H]1CN(CCc1ccc(O)cc1)C(=O)[C@@H]2Cc1ccccc1. The summed E-state index contributed by atoms with van der Waals surface area (Å²) >= 11 is 0. The number of rotatable bonds is 8. The number of phenols is 1. The quantitative estimate of drug-likeness (QED) is 0.557. The number of piperazine rings is 1. The van der Waals surface area contributed by atoms with Crippen LogP contribution in [0.3, 0.4) is 0 Å². The molecule has 4 rings (SSSR count). The maximum Gasteiger partial charge on any atom is 0.436 e. The molecule has 0 saturated carbocycles. The first-order valence-corrected chi connectivity index (χ1v) is 12.5. The molecule has 2 aliphatic rings. The van der Waals surface area contributed by atoms with Gasteiger partial charge in [-0.3, -0.25) is 14.4 Å². The van der Waals surface area contributed by atoms with Crippen LogP contribution in [0, 0.1) is 0 Å². The molecule has 0 bridgehead atoms. The minimum atomic E-state index is -1.32. The number of carbonyl (C=O) groups is 3. The normalized spacial score (nSPS) is 22.6. The van der Waals surface area contributed by atoms with Crippen LogP contribution in [0.1, 0.15) is 31.4 Å². The topological polar surface area (TPSA) is 120 Å². The summed E-state index contributed by atoms with van der Waals surface area (Å²) in [5, 5.41) is 20.4. The molecule has 37 heavy (non-hydrogen) atoms. The van der Waals surface area contributed by atoms with Crippen molar-refractivity contribution in [2.45, 2.75) is 57.5 Å². The van der Waals surface area contributed by atoms with Crippen LogP contribution in [0.25, 0.3) is 0 Å². The zero-order valence-electron chi connectivity index (χ0n) is 21.0. The maximum atomic E-state index is 13.8. The Hall–Kier alpha value is -3.63. The van der Waals surface area contributed by atoms with Crippen molar-refractivity contribution in [1.29, 1.82) is 0 Å². The van der Waals surface area contributed by atoms with E-state index in [1.807, 2.05) is 37.3 Å². The van der Waals surface area contributed by atoms with Crippen molar-refractivity contribution < 1.29 is 34.2 Å². The Labute approximate surface area is 215 Å². The molecular weight excluding hydrogens is 478 g/mol. The van der Waals surface area contributed by atoms with Crippen molar-refractivity contribution in [1.82, 2.24) is 14.9 Å². The number of fused-ring (bicyclic) bond motifs is 1. The van der Waals surface area contributed by atoms with Crippen molar-refractivity contribution in [3.63, 3.8) is 0 Å². The zero-order chi connectivity index (χ0) is 26.5. The molecule has 3 amide bonds. The molecule has 4 atom stereocenters. The fourth-order valence-corrected chi connectivity index (χ4v) is 4.55. The fourth-order valence-electron chi connectivity index (χ4n) is 4.55. The van der Waals surface area contributed by atoms with E-state index in [9.17, 15) is 24.6 Å². The maximum absolute atomic E-state index is 13.8. The lowest BCUT2D eigenvalue weighted by atomic mass is 9.98. The van der Waals surface area contributed by atoms with Gasteiger partial charge in [-0.25, -0.2) is 4.79 Å². The van der Waals surface area contributed by atoms with Gasteiger partial charge in [0, 0.05) is 13.0 Å². The second kappa shape index (κ2) is 11.6. The molecule has 2 heterocycles. The van der Waals surface area contributed by atoms with Gasteiger partial charge in [-0.15, -0.1) is 0 Å². The highest BCUT2D eigenvalue weighted by Gasteiger charge is 2.53. The summed E-state index contributed by atoms with van der Waals surface area (Å²) in [5.41, 5.74) is 1.78. The lowest BCUT2D eigenvalue weighted by molar-refractivity contribution is -0.271. The zero-order valence-corrected chi connectivity index (χ0v) is 21.0. The molecule has 2 aromatic rings. The van der Waals surface area contributed by atoms with Gasteiger partial charge in [0.15, 0.2) is 12.3 Å². The summed E-state index contributed by atoms with van der Waals surface area (Å²) in [7, 11) is 0. The summed E-state index contributed by atoms with van der Waals surface area (Å²) in [5.74, 6) is -0.642. The fraction of sp³-hybridized carbons (Fsp3) is 0.444. The molecule has 10 nitrogen and oxygen atoms in total. The monoisotopic (exact) mass is 511 g/mol. The number of aromatic hydroxyl groups is 1. The molecule has 0 spiro atoms. The van der Waals surface area contributed by atoms with Crippen LogP contribution in [0.2, 0.25) is 0 Å². The first-order chi connectivity index (χ1) is 17.8. The Bertz CT molecular complexity index is 1090. The van der Waals surface area contributed by atoms with Crippen molar-refractivity contribution in [3.8, 4) is 5.75 Å². The van der Waals surface area contributed by atoms with Crippen LogP contribution in [0.15, 0.2) is 54.6 Å². The van der Waals surface area contributed by atoms with Gasteiger partial charge in [-0.2, -0.15) is 5.06 Å². The highest BCUT2D eigenvalue weighted by Crippen LogP contribution is 2.30. The average molecular weight is 512 g/mol. The number of benzene rings is 2. The first kappa shape index (κ1) is 26.4. The van der Waals surface area contributed by atoms with E-state index >= 15 is 0 Å². The largest absolute Gasteiger partial charge is 0.508 e. The van der Waals surface area contributed by atoms with Crippen LogP contribution >= 0.6 is 0 Å². The Balaban J connectivity index is 1.65. The van der Waals surface area contributed by atoms with Crippen LogP contribution in [0.5, 0.6) is 5.75 Å². The van der Waals surface area contributed by atoms with E-state index in [0.29, 0.717) is 19.4 Å². The van der Waals surface area contributed by atoms with E-state index in [0.717, 1.165) is 16.2 Å². The lowest BCUT2D eigenvalue weighted by Crippen LogP contribution is -2.74. The number of hydrogen-bond acceptors (Lipinski definition) is 7. The molecule has 0 aliphatic carbocycles. The molecule has 2 N–H and O–H groups in total. The number of nitrogens with zero attached hydrogens (tertiary/aromatic N) is 3. The number of aliphatic hydroxyl groups is 1. The average Bonchev–Trinajstić information content (AvgIpc) is 2.90. The second-order valence-electron chi connectivity index (χ2n) is 9.34. The van der Waals surface area contributed by atoms with Crippen LogP contribution in [0.4, 0.5) is 4.79 Å². The van der Waals surface area contributed by atoms with Gasteiger partial charge in [0.05, 0.1) is 13.2 Å². The van der Waals surface area contributed by atoms with E-state index in [1.165, 1.54) is 4.90 Å². The third-order valence-corrected chi connectivity index (χ3v) is 6.78. The summed E-state index contributed by atoms with van der Waals surface area (Å²) in [6.07, 6.45) is -2.06. The standard InChI is InChI=1S/C27H33N3O7/c1-3-18(2)36-27(35)30-24-16-28(14-13-19-9-11-21(32)12-10-19)25(33)22(15-20-7-5-4-6-8-20)29(24)26(34)23(17-31)37-30/h4-12,18,22-24,31-32H,3,13-17H2,1-2H3/t18-,22-,23-,24-/m0/s1. The van der Waals surface area contributed by atoms with Gasteiger partial charge >= 0.3 is 6.09 Å². The smallest absolute Gasteiger partial charge is 0.436 e. The Kier molecular flexibility index (Phi) is 8.30.